The number of ether oxygens (including phenoxy) is 1. The second-order valence-electron chi connectivity index (χ2n) is 3.87. The number of esters is 1. The average molecular weight is 296 g/mol. The van der Waals surface area contributed by atoms with E-state index in [-0.39, 0.29) is 11.4 Å². The van der Waals surface area contributed by atoms with Crippen molar-refractivity contribution in [3.05, 3.63) is 53.0 Å². The highest BCUT2D eigenvalue weighted by Crippen LogP contribution is 2.15. The fourth-order valence-electron chi connectivity index (χ4n) is 1.53. The molecule has 0 saturated carbocycles. The molecule has 104 valence electrons. The van der Waals surface area contributed by atoms with Gasteiger partial charge in [-0.25, -0.2) is 14.2 Å². The summed E-state index contributed by atoms with van der Waals surface area (Å²) in [5.74, 6) is -0.538. The molecule has 0 spiro atoms. The van der Waals surface area contributed by atoms with Crippen molar-refractivity contribution >= 4 is 29.7 Å². The van der Waals surface area contributed by atoms with Gasteiger partial charge in [-0.1, -0.05) is 6.07 Å². The minimum absolute atomic E-state index is 0.155. The average Bonchev–Trinajstić information content (AvgIpc) is 2.93. The Balaban J connectivity index is 2.19. The molecule has 2 rings (SSSR count). The van der Waals surface area contributed by atoms with Gasteiger partial charge in [-0.15, -0.1) is 11.6 Å². The molecule has 6 heteroatoms. The number of rotatable bonds is 4. The van der Waals surface area contributed by atoms with Crippen molar-refractivity contribution in [2.75, 3.05) is 7.11 Å². The van der Waals surface area contributed by atoms with E-state index in [0.29, 0.717) is 17.1 Å². The Morgan fingerprint density at radius 1 is 1.50 bits per heavy atom. The lowest BCUT2D eigenvalue weighted by Gasteiger charge is -2.01. The summed E-state index contributed by atoms with van der Waals surface area (Å²) in [6, 6.07) is 4.07. The number of hydrogen-bond acceptors (Lipinski definition) is 4. The van der Waals surface area contributed by atoms with Gasteiger partial charge in [0.25, 0.3) is 0 Å². The zero-order valence-electron chi connectivity index (χ0n) is 10.6. The van der Waals surface area contributed by atoms with E-state index >= 15 is 0 Å². The molecular weight excluding hydrogens is 285 g/mol. The molecule has 0 unspecified atom stereocenters. The lowest BCUT2D eigenvalue weighted by molar-refractivity contribution is 0.0600. The Morgan fingerprint density at radius 3 is 2.90 bits per heavy atom. The summed E-state index contributed by atoms with van der Waals surface area (Å²) in [6.07, 6.45) is 4.45. The fourth-order valence-corrected chi connectivity index (χ4v) is 1.65. The van der Waals surface area contributed by atoms with Gasteiger partial charge in [-0.2, -0.15) is 0 Å². The standard InChI is InChI=1S/C14H11ClFNO3/c1-19-14(18)10-3-2-9(12(16)6-10)4-5-13-17-11(7-15)8-20-13/h2-6,8H,7H2,1H3. The highest BCUT2D eigenvalue weighted by Gasteiger charge is 2.08. The van der Waals surface area contributed by atoms with Crippen molar-refractivity contribution in [1.82, 2.24) is 4.98 Å². The Kier molecular flexibility index (Phi) is 4.53. The molecule has 0 fully saturated rings. The van der Waals surface area contributed by atoms with Gasteiger partial charge in [0.2, 0.25) is 5.89 Å². The first-order valence-corrected chi connectivity index (χ1v) is 6.24. The molecule has 1 aromatic carbocycles. The Bertz CT molecular complexity index is 652. The van der Waals surface area contributed by atoms with Gasteiger partial charge < -0.3 is 9.15 Å². The fraction of sp³-hybridized carbons (Fsp3) is 0.143. The van der Waals surface area contributed by atoms with Crippen LogP contribution >= 0.6 is 11.6 Å². The summed E-state index contributed by atoms with van der Waals surface area (Å²) in [5, 5.41) is 0. The molecule has 0 saturated heterocycles. The van der Waals surface area contributed by atoms with Crippen LogP contribution in [0.25, 0.3) is 12.2 Å². The number of hydrogen-bond donors (Lipinski definition) is 0. The van der Waals surface area contributed by atoms with Crippen LogP contribution in [0.4, 0.5) is 4.39 Å². The van der Waals surface area contributed by atoms with E-state index in [4.69, 9.17) is 16.0 Å². The molecule has 1 aromatic heterocycles. The normalized spacial score (nSPS) is 10.9. The minimum atomic E-state index is -0.584. The van der Waals surface area contributed by atoms with Gasteiger partial charge >= 0.3 is 5.97 Å². The first-order chi connectivity index (χ1) is 9.63. The molecular formula is C14H11ClFNO3. The largest absolute Gasteiger partial charge is 0.465 e. The maximum atomic E-state index is 13.8. The number of oxazole rings is 1. The summed E-state index contributed by atoms with van der Waals surface area (Å²) in [6.45, 7) is 0. The second-order valence-corrected chi connectivity index (χ2v) is 4.14. The molecule has 1 heterocycles. The first-order valence-electron chi connectivity index (χ1n) is 5.70. The first kappa shape index (κ1) is 14.3. The number of carbonyl (C=O) groups excluding carboxylic acids is 1. The van der Waals surface area contributed by atoms with E-state index in [9.17, 15) is 9.18 Å². The predicted octanol–water partition coefficient (Wildman–Crippen LogP) is 3.51. The topological polar surface area (TPSA) is 52.3 Å². The second kappa shape index (κ2) is 6.34. The number of halogens is 2. The molecule has 2 aromatic rings. The Hall–Kier alpha value is -2.14. The third kappa shape index (κ3) is 3.24. The zero-order chi connectivity index (χ0) is 14.5. The monoisotopic (exact) mass is 295 g/mol. The van der Waals surface area contributed by atoms with Gasteiger partial charge in [-0.3, -0.25) is 0 Å². The van der Waals surface area contributed by atoms with Crippen LogP contribution in [0.5, 0.6) is 0 Å². The van der Waals surface area contributed by atoms with Gasteiger partial charge in [0.15, 0.2) is 0 Å². The SMILES string of the molecule is COC(=O)c1ccc(C=Cc2nc(CCl)co2)c(F)c1. The molecule has 0 aliphatic rings. The molecule has 20 heavy (non-hydrogen) atoms. The molecule has 0 N–H and O–H groups in total. The van der Waals surface area contributed by atoms with Gasteiger partial charge in [0.1, 0.15) is 12.1 Å². The number of methoxy groups -OCH3 is 1. The van der Waals surface area contributed by atoms with Crippen molar-refractivity contribution in [1.29, 1.82) is 0 Å². The number of benzene rings is 1. The Labute approximate surface area is 119 Å². The van der Waals surface area contributed by atoms with Crippen LogP contribution in [-0.2, 0) is 10.6 Å². The number of nitrogens with zero attached hydrogens (tertiary/aromatic N) is 1. The molecule has 0 bridgehead atoms. The van der Waals surface area contributed by atoms with Crippen molar-refractivity contribution < 1.29 is 18.3 Å². The van der Waals surface area contributed by atoms with Crippen LogP contribution in [0.15, 0.2) is 28.9 Å². The van der Waals surface area contributed by atoms with E-state index in [1.165, 1.54) is 37.7 Å². The highest BCUT2D eigenvalue weighted by molar-refractivity contribution is 6.16. The van der Waals surface area contributed by atoms with E-state index in [1.807, 2.05) is 0 Å². The molecule has 0 aliphatic heterocycles. The van der Waals surface area contributed by atoms with Crippen molar-refractivity contribution in [3.8, 4) is 0 Å². The van der Waals surface area contributed by atoms with E-state index in [1.54, 1.807) is 0 Å². The minimum Gasteiger partial charge on any atom is -0.465 e. The van der Waals surface area contributed by atoms with Gasteiger partial charge in [-0.05, 0) is 18.2 Å². The van der Waals surface area contributed by atoms with Gasteiger partial charge in [0.05, 0.1) is 24.2 Å². The van der Waals surface area contributed by atoms with E-state index in [2.05, 4.69) is 9.72 Å². The van der Waals surface area contributed by atoms with Crippen LogP contribution in [-0.4, -0.2) is 18.1 Å². The van der Waals surface area contributed by atoms with Crippen molar-refractivity contribution in [2.45, 2.75) is 5.88 Å². The summed E-state index contributed by atoms with van der Waals surface area (Å²) < 4.78 is 23.4. The number of alkyl halides is 1. The molecule has 0 aliphatic carbocycles. The third-order valence-electron chi connectivity index (χ3n) is 2.53. The summed E-state index contributed by atoms with van der Waals surface area (Å²) in [7, 11) is 1.24. The molecule has 0 atom stereocenters. The summed E-state index contributed by atoms with van der Waals surface area (Å²) in [5.41, 5.74) is 1.07. The van der Waals surface area contributed by atoms with Crippen molar-refractivity contribution in [2.24, 2.45) is 0 Å². The zero-order valence-corrected chi connectivity index (χ0v) is 11.4. The molecule has 4 nitrogen and oxygen atoms in total. The summed E-state index contributed by atoms with van der Waals surface area (Å²) >= 11 is 5.59. The third-order valence-corrected chi connectivity index (χ3v) is 2.81. The van der Waals surface area contributed by atoms with Crippen LogP contribution < -0.4 is 0 Å². The number of carbonyl (C=O) groups is 1. The molecule has 0 radical (unpaired) electrons. The van der Waals surface area contributed by atoms with Crippen LogP contribution in [0, 0.1) is 5.82 Å². The maximum absolute atomic E-state index is 13.8. The molecule has 0 amide bonds. The maximum Gasteiger partial charge on any atom is 0.337 e. The van der Waals surface area contributed by atoms with Crippen molar-refractivity contribution in [3.63, 3.8) is 0 Å². The number of aromatic nitrogens is 1. The van der Waals surface area contributed by atoms with Crippen LogP contribution in [0.1, 0.15) is 27.5 Å². The lowest BCUT2D eigenvalue weighted by atomic mass is 10.1. The van der Waals surface area contributed by atoms with E-state index < -0.39 is 11.8 Å². The van der Waals surface area contributed by atoms with E-state index in [0.717, 1.165) is 6.07 Å². The Morgan fingerprint density at radius 2 is 2.30 bits per heavy atom. The predicted molar refractivity (Wildman–Crippen MR) is 72.7 cm³/mol. The highest BCUT2D eigenvalue weighted by atomic mass is 35.5. The summed E-state index contributed by atoms with van der Waals surface area (Å²) in [4.78, 5) is 15.3. The van der Waals surface area contributed by atoms with Crippen LogP contribution in [0.3, 0.4) is 0 Å². The van der Waals surface area contributed by atoms with Gasteiger partial charge in [0, 0.05) is 11.6 Å². The lowest BCUT2D eigenvalue weighted by Crippen LogP contribution is -2.01. The quantitative estimate of drug-likeness (QED) is 0.640. The van der Waals surface area contributed by atoms with Crippen LogP contribution in [0.2, 0.25) is 0 Å². The smallest absolute Gasteiger partial charge is 0.337 e.